The number of hydrogen-bond acceptors (Lipinski definition) is 3. The van der Waals surface area contributed by atoms with Gasteiger partial charge in [0.25, 0.3) is 0 Å². The van der Waals surface area contributed by atoms with Crippen LogP contribution in [-0.4, -0.2) is 28.9 Å². The lowest BCUT2D eigenvalue weighted by Crippen LogP contribution is -2.23. The van der Waals surface area contributed by atoms with E-state index < -0.39 is 12.1 Å². The molecule has 2 N–H and O–H groups in total. The van der Waals surface area contributed by atoms with Crippen LogP contribution in [0.2, 0.25) is 0 Å². The number of unbranched alkanes of at least 4 members (excludes halogenated alkanes) is 13. The molecule has 25 heavy (non-hydrogen) atoms. The first-order valence-corrected chi connectivity index (χ1v) is 10.4. The van der Waals surface area contributed by atoms with Crippen molar-refractivity contribution in [2.75, 3.05) is 6.61 Å². The molecular weight excluding hydrogens is 316 g/mol. The van der Waals surface area contributed by atoms with Crippen LogP contribution in [0.15, 0.2) is 12.3 Å². The zero-order chi connectivity index (χ0) is 18.6. The SMILES string of the molecule is CCCCCCCCCCCCCCCCC(OCC=CO)C(=O)O. The van der Waals surface area contributed by atoms with Crippen LogP contribution in [0.25, 0.3) is 0 Å². The normalized spacial score (nSPS) is 12.7. The summed E-state index contributed by atoms with van der Waals surface area (Å²) < 4.78 is 5.21. The molecule has 0 aliphatic rings. The van der Waals surface area contributed by atoms with E-state index in [9.17, 15) is 4.79 Å². The van der Waals surface area contributed by atoms with Gasteiger partial charge in [-0.2, -0.15) is 0 Å². The third-order valence-electron chi connectivity index (χ3n) is 4.59. The van der Waals surface area contributed by atoms with E-state index in [0.717, 1.165) is 19.1 Å². The smallest absolute Gasteiger partial charge is 0.332 e. The van der Waals surface area contributed by atoms with E-state index in [1.54, 1.807) is 0 Å². The third kappa shape index (κ3) is 17.6. The fourth-order valence-electron chi connectivity index (χ4n) is 3.02. The Balaban J connectivity index is 3.32. The molecule has 0 amide bonds. The monoisotopic (exact) mass is 356 g/mol. The van der Waals surface area contributed by atoms with Gasteiger partial charge in [-0.3, -0.25) is 0 Å². The Kier molecular flexibility index (Phi) is 18.5. The van der Waals surface area contributed by atoms with Gasteiger partial charge in [0, 0.05) is 0 Å². The standard InChI is InChI=1S/C21H40O4/c1-2-3-4-5-6-7-8-9-10-11-12-13-14-15-17-20(21(23)24)25-19-16-18-22/h16,18,20,22H,2-15,17,19H2,1H3,(H,23,24). The molecule has 0 aliphatic carbocycles. The van der Waals surface area contributed by atoms with E-state index >= 15 is 0 Å². The molecule has 1 unspecified atom stereocenters. The van der Waals surface area contributed by atoms with Gasteiger partial charge in [0.1, 0.15) is 0 Å². The molecule has 0 fully saturated rings. The van der Waals surface area contributed by atoms with E-state index in [0.29, 0.717) is 6.42 Å². The number of ether oxygens (including phenoxy) is 1. The Hall–Kier alpha value is -1.03. The molecule has 0 rings (SSSR count). The highest BCUT2D eigenvalue weighted by Gasteiger charge is 2.16. The number of carbonyl (C=O) groups is 1. The van der Waals surface area contributed by atoms with Gasteiger partial charge in [-0.15, -0.1) is 0 Å². The van der Waals surface area contributed by atoms with Gasteiger partial charge in [0.05, 0.1) is 12.9 Å². The lowest BCUT2D eigenvalue weighted by molar-refractivity contribution is -0.150. The summed E-state index contributed by atoms with van der Waals surface area (Å²) in [5.74, 6) is -0.916. The van der Waals surface area contributed by atoms with Crippen LogP contribution < -0.4 is 0 Å². The van der Waals surface area contributed by atoms with Crippen molar-refractivity contribution in [2.24, 2.45) is 0 Å². The number of rotatable bonds is 19. The predicted octanol–water partition coefficient (Wildman–Crippen LogP) is 6.40. The van der Waals surface area contributed by atoms with Gasteiger partial charge in [0.15, 0.2) is 6.10 Å². The number of carboxylic acids is 1. The molecular formula is C21H40O4. The van der Waals surface area contributed by atoms with Crippen molar-refractivity contribution < 1.29 is 19.7 Å². The van der Waals surface area contributed by atoms with Crippen molar-refractivity contribution in [3.05, 3.63) is 12.3 Å². The molecule has 0 aromatic carbocycles. The van der Waals surface area contributed by atoms with Crippen LogP contribution in [0.3, 0.4) is 0 Å². The molecule has 0 bridgehead atoms. The van der Waals surface area contributed by atoms with E-state index in [1.165, 1.54) is 83.1 Å². The minimum atomic E-state index is -0.916. The fourth-order valence-corrected chi connectivity index (χ4v) is 3.02. The molecule has 0 aliphatic heterocycles. The number of aliphatic hydroxyl groups is 1. The first-order chi connectivity index (χ1) is 12.2. The van der Waals surface area contributed by atoms with Gasteiger partial charge >= 0.3 is 5.97 Å². The van der Waals surface area contributed by atoms with Crippen molar-refractivity contribution in [3.8, 4) is 0 Å². The minimum absolute atomic E-state index is 0.145. The molecule has 0 radical (unpaired) electrons. The molecule has 0 aromatic heterocycles. The molecule has 0 heterocycles. The first-order valence-electron chi connectivity index (χ1n) is 10.4. The Morgan fingerprint density at radius 1 is 0.840 bits per heavy atom. The maximum atomic E-state index is 11.0. The number of aliphatic hydroxyl groups excluding tert-OH is 1. The van der Waals surface area contributed by atoms with Crippen molar-refractivity contribution in [1.29, 1.82) is 0 Å². The van der Waals surface area contributed by atoms with Crippen LogP contribution in [0.4, 0.5) is 0 Å². The summed E-state index contributed by atoms with van der Waals surface area (Å²) in [6.45, 7) is 2.40. The highest BCUT2D eigenvalue weighted by Crippen LogP contribution is 2.14. The molecule has 4 heteroatoms. The van der Waals surface area contributed by atoms with E-state index in [4.69, 9.17) is 14.9 Å². The van der Waals surface area contributed by atoms with Gasteiger partial charge in [-0.25, -0.2) is 4.79 Å². The number of aliphatic carboxylic acids is 1. The summed E-state index contributed by atoms with van der Waals surface area (Å²) in [5, 5.41) is 17.6. The van der Waals surface area contributed by atoms with Gasteiger partial charge < -0.3 is 14.9 Å². The second-order valence-corrected chi connectivity index (χ2v) is 6.93. The molecule has 148 valence electrons. The highest BCUT2D eigenvalue weighted by molar-refractivity contribution is 5.72. The Labute approximate surface area is 154 Å². The van der Waals surface area contributed by atoms with E-state index in [-0.39, 0.29) is 6.61 Å². The molecule has 0 spiro atoms. The van der Waals surface area contributed by atoms with Gasteiger partial charge in [0.2, 0.25) is 0 Å². The van der Waals surface area contributed by atoms with Crippen LogP contribution in [0, 0.1) is 0 Å². The Morgan fingerprint density at radius 3 is 1.68 bits per heavy atom. The summed E-state index contributed by atoms with van der Waals surface area (Å²) in [7, 11) is 0. The molecule has 0 saturated carbocycles. The Morgan fingerprint density at radius 2 is 1.28 bits per heavy atom. The first kappa shape index (κ1) is 24.0. The summed E-state index contributed by atoms with van der Waals surface area (Å²) in [4.78, 5) is 11.0. The van der Waals surface area contributed by atoms with Gasteiger partial charge in [-0.1, -0.05) is 96.8 Å². The quantitative estimate of drug-likeness (QED) is 0.207. The lowest BCUT2D eigenvalue weighted by Gasteiger charge is -2.12. The van der Waals surface area contributed by atoms with E-state index in [2.05, 4.69) is 6.92 Å². The second-order valence-electron chi connectivity index (χ2n) is 6.93. The predicted molar refractivity (Wildman–Crippen MR) is 104 cm³/mol. The molecule has 0 saturated heterocycles. The molecule has 0 aromatic rings. The van der Waals surface area contributed by atoms with Crippen LogP contribution in [-0.2, 0) is 9.53 Å². The average Bonchev–Trinajstić information content (AvgIpc) is 2.60. The maximum Gasteiger partial charge on any atom is 0.332 e. The third-order valence-corrected chi connectivity index (χ3v) is 4.59. The highest BCUT2D eigenvalue weighted by atomic mass is 16.5. The maximum absolute atomic E-state index is 11.0. The van der Waals surface area contributed by atoms with Crippen molar-refractivity contribution in [3.63, 3.8) is 0 Å². The summed E-state index contributed by atoms with van der Waals surface area (Å²) in [6.07, 6.45) is 20.2. The minimum Gasteiger partial charge on any atom is -0.516 e. The van der Waals surface area contributed by atoms with Crippen molar-refractivity contribution >= 4 is 5.97 Å². The Bertz CT molecular complexity index is 315. The number of carboxylic acid groups (broad SMARTS) is 1. The summed E-state index contributed by atoms with van der Waals surface area (Å²) in [6, 6.07) is 0. The fraction of sp³-hybridized carbons (Fsp3) is 0.857. The molecule has 1 atom stereocenters. The van der Waals surface area contributed by atoms with Gasteiger partial charge in [-0.05, 0) is 12.5 Å². The van der Waals surface area contributed by atoms with Crippen LogP contribution >= 0.6 is 0 Å². The van der Waals surface area contributed by atoms with Crippen molar-refractivity contribution in [1.82, 2.24) is 0 Å². The largest absolute Gasteiger partial charge is 0.516 e. The van der Waals surface area contributed by atoms with Crippen LogP contribution in [0.5, 0.6) is 0 Å². The van der Waals surface area contributed by atoms with E-state index in [1.807, 2.05) is 0 Å². The zero-order valence-corrected chi connectivity index (χ0v) is 16.3. The lowest BCUT2D eigenvalue weighted by atomic mass is 10.0. The number of hydrogen-bond donors (Lipinski definition) is 2. The molecule has 4 nitrogen and oxygen atoms in total. The van der Waals surface area contributed by atoms with Crippen molar-refractivity contribution in [2.45, 2.75) is 109 Å². The average molecular weight is 357 g/mol. The second kappa shape index (κ2) is 19.3. The summed E-state index contributed by atoms with van der Waals surface area (Å²) >= 11 is 0. The van der Waals surface area contributed by atoms with Crippen LogP contribution in [0.1, 0.15) is 103 Å². The topological polar surface area (TPSA) is 66.8 Å². The summed E-state index contributed by atoms with van der Waals surface area (Å²) in [5.41, 5.74) is 0. The zero-order valence-electron chi connectivity index (χ0n) is 16.3.